The Bertz CT molecular complexity index is 1160. The number of rotatable bonds is 5. The van der Waals surface area contributed by atoms with Crippen LogP contribution in [0, 0.1) is 0 Å². The molecule has 7 heteroatoms. The number of para-hydroxylation sites is 1. The lowest BCUT2D eigenvalue weighted by molar-refractivity contribution is 0.102. The molecule has 0 fully saturated rings. The number of benzene rings is 3. The first-order valence-electron chi connectivity index (χ1n) is 9.15. The molecule has 0 unspecified atom stereocenters. The van der Waals surface area contributed by atoms with Crippen LogP contribution < -0.4 is 14.4 Å². The SMILES string of the molecule is COc1cccc(NC(=O)c2ccc(S(=O)(=O)N3CCc4ccccc43)cc2)c1. The number of amides is 1. The van der Waals surface area contributed by atoms with E-state index in [2.05, 4.69) is 5.32 Å². The number of sulfonamides is 1. The highest BCUT2D eigenvalue weighted by atomic mass is 32.2. The molecule has 3 aromatic carbocycles. The van der Waals surface area contributed by atoms with Gasteiger partial charge in [0.2, 0.25) is 0 Å². The predicted molar refractivity (Wildman–Crippen MR) is 112 cm³/mol. The van der Waals surface area contributed by atoms with Crippen molar-refractivity contribution in [3.8, 4) is 5.75 Å². The molecule has 4 rings (SSSR count). The lowest BCUT2D eigenvalue weighted by atomic mass is 10.2. The smallest absolute Gasteiger partial charge is 0.264 e. The van der Waals surface area contributed by atoms with Crippen LogP contribution in [0.4, 0.5) is 11.4 Å². The Hall–Kier alpha value is -3.32. The van der Waals surface area contributed by atoms with E-state index in [1.807, 2.05) is 24.3 Å². The molecule has 1 aliphatic heterocycles. The molecule has 0 spiro atoms. The Morgan fingerprint density at radius 2 is 1.76 bits per heavy atom. The molecule has 29 heavy (non-hydrogen) atoms. The van der Waals surface area contributed by atoms with E-state index in [9.17, 15) is 13.2 Å². The van der Waals surface area contributed by atoms with E-state index in [1.165, 1.54) is 28.6 Å². The third-order valence-electron chi connectivity index (χ3n) is 4.88. The van der Waals surface area contributed by atoms with Gasteiger partial charge < -0.3 is 10.1 Å². The summed E-state index contributed by atoms with van der Waals surface area (Å²) in [6, 6.07) is 20.5. The number of hydrogen-bond donors (Lipinski definition) is 1. The predicted octanol–water partition coefficient (Wildman–Crippen LogP) is 3.70. The fraction of sp³-hybridized carbons (Fsp3) is 0.136. The van der Waals surface area contributed by atoms with Crippen LogP contribution in [-0.4, -0.2) is 28.0 Å². The summed E-state index contributed by atoms with van der Waals surface area (Å²) in [6.45, 7) is 0.416. The average Bonchev–Trinajstić information content (AvgIpc) is 3.19. The van der Waals surface area contributed by atoms with Crippen molar-refractivity contribution in [2.75, 3.05) is 23.3 Å². The van der Waals surface area contributed by atoms with Gasteiger partial charge in [0.15, 0.2) is 0 Å². The van der Waals surface area contributed by atoms with Gasteiger partial charge in [-0.1, -0.05) is 24.3 Å². The number of ether oxygens (including phenoxy) is 1. The summed E-state index contributed by atoms with van der Waals surface area (Å²) in [5.74, 6) is 0.309. The van der Waals surface area contributed by atoms with Crippen LogP contribution in [0.1, 0.15) is 15.9 Å². The van der Waals surface area contributed by atoms with Gasteiger partial charge >= 0.3 is 0 Å². The van der Waals surface area contributed by atoms with E-state index in [4.69, 9.17) is 4.74 Å². The van der Waals surface area contributed by atoms with E-state index >= 15 is 0 Å². The Morgan fingerprint density at radius 1 is 1.00 bits per heavy atom. The van der Waals surface area contributed by atoms with Gasteiger partial charge in [-0.15, -0.1) is 0 Å². The average molecular weight is 408 g/mol. The molecule has 1 heterocycles. The van der Waals surface area contributed by atoms with Crippen LogP contribution in [-0.2, 0) is 16.4 Å². The number of nitrogens with zero attached hydrogens (tertiary/aromatic N) is 1. The third kappa shape index (κ3) is 3.69. The maximum absolute atomic E-state index is 13.1. The normalized spacial score (nSPS) is 13.1. The first kappa shape index (κ1) is 19.0. The second-order valence-corrected chi connectivity index (χ2v) is 8.53. The molecular formula is C22H20N2O4S. The zero-order valence-corrected chi connectivity index (χ0v) is 16.6. The van der Waals surface area contributed by atoms with E-state index in [1.54, 1.807) is 31.4 Å². The number of carbonyl (C=O) groups excluding carboxylic acids is 1. The van der Waals surface area contributed by atoms with Crippen molar-refractivity contribution in [2.45, 2.75) is 11.3 Å². The largest absolute Gasteiger partial charge is 0.497 e. The minimum atomic E-state index is -3.68. The fourth-order valence-electron chi connectivity index (χ4n) is 3.37. The number of hydrogen-bond acceptors (Lipinski definition) is 4. The summed E-state index contributed by atoms with van der Waals surface area (Å²) in [7, 11) is -2.12. The molecule has 0 aromatic heterocycles. The Labute approximate surface area is 169 Å². The second-order valence-electron chi connectivity index (χ2n) is 6.67. The molecule has 1 aliphatic rings. The van der Waals surface area contributed by atoms with Crippen LogP contribution in [0.3, 0.4) is 0 Å². The molecule has 1 amide bonds. The molecule has 0 bridgehead atoms. The highest BCUT2D eigenvalue weighted by Crippen LogP contribution is 2.32. The maximum atomic E-state index is 13.1. The summed E-state index contributed by atoms with van der Waals surface area (Å²) in [5, 5.41) is 2.78. The van der Waals surface area contributed by atoms with Gasteiger partial charge in [-0.05, 0) is 54.4 Å². The van der Waals surface area contributed by atoms with Crippen LogP contribution in [0.15, 0.2) is 77.7 Å². The topological polar surface area (TPSA) is 75.7 Å². The maximum Gasteiger partial charge on any atom is 0.264 e. The molecule has 1 N–H and O–H groups in total. The molecule has 0 aliphatic carbocycles. The second kappa shape index (κ2) is 7.60. The summed E-state index contributed by atoms with van der Waals surface area (Å²) < 4.78 is 32.7. The van der Waals surface area contributed by atoms with Gasteiger partial charge in [0.05, 0.1) is 17.7 Å². The van der Waals surface area contributed by atoms with Crippen molar-refractivity contribution in [1.29, 1.82) is 0 Å². The molecular weight excluding hydrogens is 388 g/mol. The molecule has 0 saturated carbocycles. The number of carbonyl (C=O) groups is 1. The summed E-state index contributed by atoms with van der Waals surface area (Å²) in [5.41, 5.74) is 2.70. The zero-order chi connectivity index (χ0) is 20.4. The van der Waals surface area contributed by atoms with Crippen molar-refractivity contribution in [1.82, 2.24) is 0 Å². The summed E-state index contributed by atoms with van der Waals surface area (Å²) >= 11 is 0. The summed E-state index contributed by atoms with van der Waals surface area (Å²) in [6.07, 6.45) is 0.691. The first-order chi connectivity index (χ1) is 14.0. The van der Waals surface area contributed by atoms with Crippen LogP contribution in [0.2, 0.25) is 0 Å². The van der Waals surface area contributed by atoms with Gasteiger partial charge in [0, 0.05) is 23.9 Å². The standard InChI is InChI=1S/C22H20N2O4S/c1-28-19-7-4-6-18(15-19)23-22(25)17-9-11-20(12-10-17)29(26,27)24-14-13-16-5-2-3-8-21(16)24/h2-12,15H,13-14H2,1H3,(H,23,25). The van der Waals surface area contributed by atoms with Crippen molar-refractivity contribution in [2.24, 2.45) is 0 Å². The number of anilines is 2. The van der Waals surface area contributed by atoms with Gasteiger partial charge in [-0.2, -0.15) is 0 Å². The highest BCUT2D eigenvalue weighted by Gasteiger charge is 2.30. The van der Waals surface area contributed by atoms with E-state index in [0.717, 1.165) is 5.56 Å². The van der Waals surface area contributed by atoms with Crippen molar-refractivity contribution in [3.05, 3.63) is 83.9 Å². The number of methoxy groups -OCH3 is 1. The molecule has 6 nitrogen and oxygen atoms in total. The van der Waals surface area contributed by atoms with Gasteiger partial charge in [0.1, 0.15) is 5.75 Å². The Balaban J connectivity index is 1.54. The zero-order valence-electron chi connectivity index (χ0n) is 15.8. The lowest BCUT2D eigenvalue weighted by Crippen LogP contribution is -2.29. The number of fused-ring (bicyclic) bond motifs is 1. The number of nitrogens with one attached hydrogen (secondary N) is 1. The monoisotopic (exact) mass is 408 g/mol. The molecule has 3 aromatic rings. The molecule has 0 radical (unpaired) electrons. The van der Waals surface area contributed by atoms with Crippen LogP contribution in [0.25, 0.3) is 0 Å². The van der Waals surface area contributed by atoms with Gasteiger partial charge in [-0.3, -0.25) is 9.10 Å². The molecule has 0 saturated heterocycles. The van der Waals surface area contributed by atoms with Crippen molar-refractivity contribution < 1.29 is 17.9 Å². The highest BCUT2D eigenvalue weighted by molar-refractivity contribution is 7.92. The van der Waals surface area contributed by atoms with E-state index in [-0.39, 0.29) is 10.8 Å². The van der Waals surface area contributed by atoms with Gasteiger partial charge in [0.25, 0.3) is 15.9 Å². The Morgan fingerprint density at radius 3 is 2.52 bits per heavy atom. The van der Waals surface area contributed by atoms with E-state index < -0.39 is 10.0 Å². The molecule has 0 atom stereocenters. The van der Waals surface area contributed by atoms with Crippen molar-refractivity contribution >= 4 is 27.3 Å². The van der Waals surface area contributed by atoms with Crippen molar-refractivity contribution in [3.63, 3.8) is 0 Å². The third-order valence-corrected chi connectivity index (χ3v) is 6.70. The molecule has 148 valence electrons. The quantitative estimate of drug-likeness (QED) is 0.699. The Kier molecular flexibility index (Phi) is 4.98. The van der Waals surface area contributed by atoms with Crippen LogP contribution >= 0.6 is 0 Å². The van der Waals surface area contributed by atoms with Crippen LogP contribution in [0.5, 0.6) is 5.75 Å². The summed E-state index contributed by atoms with van der Waals surface area (Å²) in [4.78, 5) is 12.6. The first-order valence-corrected chi connectivity index (χ1v) is 10.6. The minimum absolute atomic E-state index is 0.159. The fourth-order valence-corrected chi connectivity index (χ4v) is 4.87. The minimum Gasteiger partial charge on any atom is -0.497 e. The lowest BCUT2D eigenvalue weighted by Gasteiger charge is -2.19. The van der Waals surface area contributed by atoms with E-state index in [0.29, 0.717) is 35.7 Å². The van der Waals surface area contributed by atoms with Gasteiger partial charge in [-0.25, -0.2) is 8.42 Å².